The van der Waals surface area contributed by atoms with Gasteiger partial charge in [-0.25, -0.2) is 4.39 Å². The molecule has 0 bridgehead atoms. The number of carbonyl (C=O) groups is 1. The van der Waals surface area contributed by atoms with Crippen LogP contribution in [0.1, 0.15) is 24.2 Å². The quantitative estimate of drug-likeness (QED) is 0.861. The lowest BCUT2D eigenvalue weighted by atomic mass is 9.98. The third kappa shape index (κ3) is 3.02. The van der Waals surface area contributed by atoms with E-state index >= 15 is 0 Å². The zero-order valence-electron chi connectivity index (χ0n) is 14.7. The first-order valence-corrected chi connectivity index (χ1v) is 9.54. The molecule has 138 valence electrons. The highest BCUT2D eigenvalue weighted by molar-refractivity contribution is 8.03. The summed E-state index contributed by atoms with van der Waals surface area (Å²) < 4.78 is 14.9. The maximum atomic E-state index is 14.9. The summed E-state index contributed by atoms with van der Waals surface area (Å²) in [7, 11) is 1.61. The van der Waals surface area contributed by atoms with Gasteiger partial charge >= 0.3 is 0 Å². The molecule has 1 amide bonds. The number of fused-ring (bicyclic) bond motifs is 1. The lowest BCUT2D eigenvalue weighted by molar-refractivity contribution is -0.131. The van der Waals surface area contributed by atoms with Gasteiger partial charge in [0, 0.05) is 23.6 Å². The molecule has 8 heteroatoms. The summed E-state index contributed by atoms with van der Waals surface area (Å²) >= 11 is 1.57. The average Bonchev–Trinajstić information content (AvgIpc) is 3.33. The summed E-state index contributed by atoms with van der Waals surface area (Å²) in [5.74, 6) is -0.353. The van der Waals surface area contributed by atoms with Crippen LogP contribution in [0.5, 0.6) is 0 Å². The smallest absolute Gasteiger partial charge is 0.263 e. The molecule has 3 unspecified atom stereocenters. The summed E-state index contributed by atoms with van der Waals surface area (Å²) in [6.45, 7) is 2.59. The van der Waals surface area contributed by atoms with Crippen LogP contribution in [0.15, 0.2) is 35.5 Å². The fourth-order valence-electron chi connectivity index (χ4n) is 3.60. The van der Waals surface area contributed by atoms with Crippen LogP contribution in [0.2, 0.25) is 0 Å². The number of thioether (sulfide) groups is 1. The van der Waals surface area contributed by atoms with Gasteiger partial charge in [0.15, 0.2) is 0 Å². The molecule has 1 fully saturated rings. The second kappa shape index (κ2) is 6.68. The molecular weight excluding hydrogens is 353 g/mol. The van der Waals surface area contributed by atoms with Gasteiger partial charge in [-0.15, -0.1) is 0 Å². The predicted molar refractivity (Wildman–Crippen MR) is 101 cm³/mol. The average molecular weight is 374 g/mol. The number of hydrogen-bond acceptors (Lipinski definition) is 4. The van der Waals surface area contributed by atoms with Crippen LogP contribution in [0, 0.1) is 5.92 Å². The van der Waals surface area contributed by atoms with Crippen LogP contribution < -0.4 is 5.32 Å². The van der Waals surface area contributed by atoms with E-state index in [4.69, 9.17) is 0 Å². The number of benzene rings is 1. The number of allylic oxidation sites excluding steroid dienone is 1. The van der Waals surface area contributed by atoms with E-state index in [9.17, 15) is 9.18 Å². The molecule has 2 N–H and O–H groups in total. The highest BCUT2D eigenvalue weighted by atomic mass is 32.2. The normalized spacial score (nSPS) is 29.3. The Morgan fingerprint density at radius 1 is 1.54 bits per heavy atom. The first-order valence-electron chi connectivity index (χ1n) is 8.66. The lowest BCUT2D eigenvalue weighted by Gasteiger charge is -2.29. The summed E-state index contributed by atoms with van der Waals surface area (Å²) in [5.41, 5.74) is 4.25. The predicted octanol–water partition coefficient (Wildman–Crippen LogP) is 3.28. The Morgan fingerprint density at radius 2 is 2.38 bits per heavy atom. The van der Waals surface area contributed by atoms with Crippen molar-refractivity contribution in [2.45, 2.75) is 24.3 Å². The standard InChI is InChI=1S/C18H21FN5OS/c1-11-8-15(22-17(25)18(19)6-7-24(10-18)20-2)26-16(11)12-4-3-5-14-13(12)9-21-23-14/h3-5,8-9,11,16H,6-7,10H2,1-2H3,(H,21,23)(H,22,25)/q-1. The number of H-pyrrole nitrogens is 1. The zero-order valence-corrected chi connectivity index (χ0v) is 15.5. The van der Waals surface area contributed by atoms with Gasteiger partial charge < -0.3 is 15.8 Å². The SMILES string of the molecule is C[N-]N1CCC(F)(C(=O)NC2=CC(C)C(c3cccc4[nH]ncc34)S2)C1. The van der Waals surface area contributed by atoms with Crippen molar-refractivity contribution < 1.29 is 9.18 Å². The van der Waals surface area contributed by atoms with E-state index < -0.39 is 11.6 Å². The van der Waals surface area contributed by atoms with Crippen LogP contribution in [-0.2, 0) is 4.79 Å². The topological polar surface area (TPSA) is 75.1 Å². The molecule has 2 aromatic rings. The fraction of sp³-hybridized carbons (Fsp3) is 0.444. The third-order valence-electron chi connectivity index (χ3n) is 5.10. The van der Waals surface area contributed by atoms with Crippen LogP contribution >= 0.6 is 11.8 Å². The van der Waals surface area contributed by atoms with Gasteiger partial charge in [-0.05, 0) is 30.2 Å². The van der Waals surface area contributed by atoms with E-state index in [0.717, 1.165) is 15.9 Å². The maximum absolute atomic E-state index is 14.9. The van der Waals surface area contributed by atoms with Gasteiger partial charge in [0.25, 0.3) is 5.91 Å². The summed E-state index contributed by atoms with van der Waals surface area (Å²) in [4.78, 5) is 12.5. The van der Waals surface area contributed by atoms with E-state index in [1.54, 1.807) is 23.8 Å². The number of amides is 1. The number of nitrogens with zero attached hydrogens (tertiary/aromatic N) is 3. The Balaban J connectivity index is 1.48. The molecule has 0 spiro atoms. The summed E-state index contributed by atoms with van der Waals surface area (Å²) in [6, 6.07) is 6.07. The van der Waals surface area contributed by atoms with Gasteiger partial charge in [-0.3, -0.25) is 9.89 Å². The summed E-state index contributed by atoms with van der Waals surface area (Å²) in [6.07, 6.45) is 4.00. The molecule has 4 rings (SSSR count). The second-order valence-electron chi connectivity index (χ2n) is 6.86. The van der Waals surface area contributed by atoms with Gasteiger partial charge in [-0.1, -0.05) is 30.8 Å². The van der Waals surface area contributed by atoms with Crippen LogP contribution in [0.4, 0.5) is 4.39 Å². The second-order valence-corrected chi connectivity index (χ2v) is 8.05. The molecule has 6 nitrogen and oxygen atoms in total. The minimum atomic E-state index is -1.88. The fourth-order valence-corrected chi connectivity index (χ4v) is 4.94. The van der Waals surface area contributed by atoms with Crippen molar-refractivity contribution in [3.63, 3.8) is 0 Å². The maximum Gasteiger partial charge on any atom is 0.263 e. The highest BCUT2D eigenvalue weighted by Gasteiger charge is 2.43. The Kier molecular flexibility index (Phi) is 4.50. The lowest BCUT2D eigenvalue weighted by Crippen LogP contribution is -2.44. The molecule has 1 aromatic heterocycles. The van der Waals surface area contributed by atoms with E-state index in [0.29, 0.717) is 6.54 Å². The molecule has 0 radical (unpaired) electrons. The van der Waals surface area contributed by atoms with E-state index in [1.807, 2.05) is 24.4 Å². The largest absolute Gasteiger partial charge is 0.597 e. The Hall–Kier alpha value is -1.90. The molecule has 0 saturated carbocycles. The number of carbonyl (C=O) groups excluding carboxylic acids is 1. The van der Waals surface area contributed by atoms with Gasteiger partial charge in [0.2, 0.25) is 5.67 Å². The number of alkyl halides is 1. The van der Waals surface area contributed by atoms with Crippen molar-refractivity contribution in [2.75, 3.05) is 20.1 Å². The van der Waals surface area contributed by atoms with Crippen molar-refractivity contribution in [1.29, 1.82) is 0 Å². The van der Waals surface area contributed by atoms with Crippen LogP contribution in [0.25, 0.3) is 16.3 Å². The van der Waals surface area contributed by atoms with E-state index in [2.05, 4.69) is 33.9 Å². The minimum Gasteiger partial charge on any atom is -0.597 e. The molecule has 1 aromatic carbocycles. The molecule has 2 aliphatic heterocycles. The Bertz CT molecular complexity index is 868. The van der Waals surface area contributed by atoms with Crippen molar-refractivity contribution in [1.82, 2.24) is 20.5 Å². The van der Waals surface area contributed by atoms with Crippen molar-refractivity contribution in [3.05, 3.63) is 46.5 Å². The monoisotopic (exact) mass is 374 g/mol. The van der Waals surface area contributed by atoms with Gasteiger partial charge in [0.05, 0.1) is 16.7 Å². The number of aromatic nitrogens is 2. The van der Waals surface area contributed by atoms with Crippen molar-refractivity contribution >= 4 is 28.6 Å². The Morgan fingerprint density at radius 3 is 3.15 bits per heavy atom. The molecular formula is C18H21FN5OS-. The molecule has 3 atom stereocenters. The van der Waals surface area contributed by atoms with Crippen LogP contribution in [0.3, 0.4) is 0 Å². The molecule has 26 heavy (non-hydrogen) atoms. The van der Waals surface area contributed by atoms with E-state index in [1.165, 1.54) is 5.56 Å². The molecule has 1 saturated heterocycles. The zero-order chi connectivity index (χ0) is 18.3. The number of hydrogen-bond donors (Lipinski definition) is 2. The first kappa shape index (κ1) is 17.5. The molecule has 3 heterocycles. The highest BCUT2D eigenvalue weighted by Crippen LogP contribution is 2.48. The number of nitrogens with one attached hydrogen (secondary N) is 2. The Labute approximate surface area is 155 Å². The summed E-state index contributed by atoms with van der Waals surface area (Å²) in [5, 5.41) is 13.5. The molecule has 2 aliphatic rings. The first-order chi connectivity index (χ1) is 12.5. The van der Waals surface area contributed by atoms with Crippen molar-refractivity contribution in [3.8, 4) is 0 Å². The van der Waals surface area contributed by atoms with Crippen molar-refractivity contribution in [2.24, 2.45) is 5.92 Å². The van der Waals surface area contributed by atoms with Gasteiger partial charge in [0.1, 0.15) is 0 Å². The van der Waals surface area contributed by atoms with E-state index in [-0.39, 0.29) is 24.1 Å². The van der Waals surface area contributed by atoms with Gasteiger partial charge in [-0.2, -0.15) is 12.1 Å². The number of aromatic amines is 1. The van der Waals surface area contributed by atoms with Crippen LogP contribution in [-0.4, -0.2) is 46.9 Å². The number of halogens is 1. The number of rotatable bonds is 4. The minimum absolute atomic E-state index is 0.0145. The molecule has 0 aliphatic carbocycles. The third-order valence-corrected chi connectivity index (χ3v) is 6.53.